The van der Waals surface area contributed by atoms with Crippen molar-refractivity contribution >= 4 is 23.3 Å². The minimum atomic E-state index is -3.40. The van der Waals surface area contributed by atoms with E-state index in [1.54, 1.807) is 24.3 Å². The third-order valence-electron chi connectivity index (χ3n) is 3.94. The number of rotatable bonds is 5. The lowest BCUT2D eigenvalue weighted by molar-refractivity contribution is 0.0652. The second-order valence-electron chi connectivity index (χ2n) is 5.67. The average molecular weight is 394 g/mol. The number of hydrogen-bond donors (Lipinski definition) is 1. The second-order valence-corrected chi connectivity index (χ2v) is 6.75. The molecule has 2 aromatic carbocycles. The molecule has 0 aliphatic carbocycles. The lowest BCUT2D eigenvalue weighted by atomic mass is 10.1. The monoisotopic (exact) mass is 393 g/mol. The standard InChI is InChI=1S/C21H25N3O2S/c25-14-16-26-15-13-23-9-11-24(12-10-23)21-17-5-1-3-7-19(17)27-20-8-4-2-6-18(20)22-21/h1-8,25H,9-16H2/i9D2,10D2,13D2,14D2,15D2. The molecule has 142 valence electrons. The van der Waals surface area contributed by atoms with Crippen LogP contribution in [0.4, 0.5) is 5.69 Å². The van der Waals surface area contributed by atoms with E-state index in [0.29, 0.717) is 17.1 Å². The van der Waals surface area contributed by atoms with Gasteiger partial charge in [0.15, 0.2) is 0 Å². The number of fused-ring (bicyclic) bond motifs is 2. The molecule has 0 spiro atoms. The van der Waals surface area contributed by atoms with Crippen molar-refractivity contribution in [3.63, 3.8) is 0 Å². The number of nitrogens with zero attached hydrogens (tertiary/aromatic N) is 3. The molecule has 5 nitrogen and oxygen atoms in total. The molecule has 1 fully saturated rings. The Balaban J connectivity index is 1.73. The molecule has 4 rings (SSSR count). The summed E-state index contributed by atoms with van der Waals surface area (Å²) < 4.78 is 86.2. The van der Waals surface area contributed by atoms with E-state index in [1.807, 2.05) is 24.3 Å². The van der Waals surface area contributed by atoms with Gasteiger partial charge in [-0.15, -0.1) is 0 Å². The molecule has 0 unspecified atom stereocenters. The summed E-state index contributed by atoms with van der Waals surface area (Å²) in [6.07, 6.45) is 0. The molecular formula is C21H25N3O2S. The highest BCUT2D eigenvalue weighted by Crippen LogP contribution is 2.40. The molecule has 27 heavy (non-hydrogen) atoms. The van der Waals surface area contributed by atoms with Crippen molar-refractivity contribution < 1.29 is 23.6 Å². The Morgan fingerprint density at radius 2 is 1.85 bits per heavy atom. The highest BCUT2D eigenvalue weighted by Gasteiger charge is 2.24. The van der Waals surface area contributed by atoms with Gasteiger partial charge in [-0.2, -0.15) is 0 Å². The van der Waals surface area contributed by atoms with Crippen LogP contribution in [0.25, 0.3) is 0 Å². The van der Waals surface area contributed by atoms with Gasteiger partial charge in [-0.25, -0.2) is 4.99 Å². The number of ether oxygens (including phenoxy) is 1. The molecule has 6 heteroatoms. The molecule has 0 amide bonds. The normalized spacial score (nSPS) is 27.9. The lowest BCUT2D eigenvalue weighted by Crippen LogP contribution is -2.49. The van der Waals surface area contributed by atoms with Crippen molar-refractivity contribution in [2.75, 3.05) is 52.3 Å². The van der Waals surface area contributed by atoms with Gasteiger partial charge in [0.05, 0.1) is 30.9 Å². The van der Waals surface area contributed by atoms with E-state index in [0.717, 1.165) is 9.79 Å². The Morgan fingerprint density at radius 3 is 2.67 bits per heavy atom. The van der Waals surface area contributed by atoms with E-state index in [1.165, 1.54) is 16.7 Å². The van der Waals surface area contributed by atoms with Crippen LogP contribution in [-0.2, 0) is 4.74 Å². The van der Waals surface area contributed by atoms with Gasteiger partial charge in [0.1, 0.15) is 5.84 Å². The van der Waals surface area contributed by atoms with Gasteiger partial charge in [-0.1, -0.05) is 42.1 Å². The van der Waals surface area contributed by atoms with E-state index in [-0.39, 0.29) is 4.90 Å². The van der Waals surface area contributed by atoms with Crippen LogP contribution in [0.1, 0.15) is 19.3 Å². The van der Waals surface area contributed by atoms with E-state index in [9.17, 15) is 5.11 Å². The minimum Gasteiger partial charge on any atom is -0.394 e. The van der Waals surface area contributed by atoms with Crippen LogP contribution in [0, 0.1) is 0 Å². The summed E-state index contributed by atoms with van der Waals surface area (Å²) in [5.74, 6) is 0.300. The Labute approximate surface area is 178 Å². The van der Waals surface area contributed by atoms with Gasteiger partial charge in [-0.3, -0.25) is 4.90 Å². The van der Waals surface area contributed by atoms with E-state index in [4.69, 9.17) is 18.7 Å². The highest BCUT2D eigenvalue weighted by atomic mass is 32.2. The average Bonchev–Trinajstić information content (AvgIpc) is 2.92. The second kappa shape index (κ2) is 8.89. The SMILES string of the molecule is [2H]C([2H])(O)COC([2H])([2H])C([2H])([2H])N1C([2H])([2H])CN(C2=Nc3ccccc3Sc3ccccc32)CC1([2H])[2H]. The van der Waals surface area contributed by atoms with E-state index in [2.05, 4.69) is 4.74 Å². The summed E-state index contributed by atoms with van der Waals surface area (Å²) in [5, 5.41) is 9.25. The molecule has 0 aromatic heterocycles. The maximum Gasteiger partial charge on any atom is 0.137 e. The van der Waals surface area contributed by atoms with Crippen molar-refractivity contribution in [2.45, 2.75) is 9.79 Å². The third-order valence-corrected chi connectivity index (χ3v) is 5.09. The molecule has 2 aliphatic heterocycles. The molecule has 0 radical (unpaired) electrons. The number of aliphatic imine (C=N–C) groups is 1. The molecule has 0 bridgehead atoms. The Bertz CT molecular complexity index is 1190. The van der Waals surface area contributed by atoms with Gasteiger partial charge < -0.3 is 14.7 Å². The van der Waals surface area contributed by atoms with Gasteiger partial charge >= 0.3 is 0 Å². The zero-order valence-corrected chi connectivity index (χ0v) is 15.2. The Hall–Kier alpha value is -1.86. The van der Waals surface area contributed by atoms with Gasteiger partial charge in [0, 0.05) is 56.2 Å². The quantitative estimate of drug-likeness (QED) is 0.846. The summed E-state index contributed by atoms with van der Waals surface area (Å²) in [6, 6.07) is 14.7. The van der Waals surface area contributed by atoms with Gasteiger partial charge in [0.2, 0.25) is 0 Å². The number of para-hydroxylation sites is 1. The first-order chi connectivity index (χ1) is 16.9. The van der Waals surface area contributed by atoms with Crippen molar-refractivity contribution in [1.82, 2.24) is 9.80 Å². The van der Waals surface area contributed by atoms with Crippen LogP contribution in [0.3, 0.4) is 0 Å². The fourth-order valence-electron chi connectivity index (χ4n) is 2.71. The van der Waals surface area contributed by atoms with Crippen LogP contribution >= 0.6 is 11.8 Å². The summed E-state index contributed by atoms with van der Waals surface area (Å²) in [5.41, 5.74) is 1.26. The molecule has 1 saturated heterocycles. The maximum absolute atomic E-state index is 9.25. The third kappa shape index (κ3) is 4.35. The fourth-order valence-corrected chi connectivity index (χ4v) is 3.73. The molecule has 2 aromatic rings. The number of benzene rings is 2. The summed E-state index contributed by atoms with van der Waals surface area (Å²) >= 11 is 1.47. The first-order valence-corrected chi connectivity index (χ1v) is 9.13. The van der Waals surface area contributed by atoms with Crippen LogP contribution in [0.2, 0.25) is 0 Å². The molecule has 2 aliphatic rings. The van der Waals surface area contributed by atoms with Crippen LogP contribution in [0.5, 0.6) is 0 Å². The molecular weight excluding hydrogens is 358 g/mol. The molecule has 1 N–H and O–H groups in total. The summed E-state index contributed by atoms with van der Waals surface area (Å²) in [7, 11) is 0. The minimum absolute atomic E-state index is 0.141. The van der Waals surface area contributed by atoms with Gasteiger partial charge in [0.25, 0.3) is 0 Å². The van der Waals surface area contributed by atoms with Crippen molar-refractivity contribution in [1.29, 1.82) is 0 Å². The number of amidine groups is 1. The van der Waals surface area contributed by atoms with Crippen molar-refractivity contribution in [3.8, 4) is 0 Å². The highest BCUT2D eigenvalue weighted by molar-refractivity contribution is 7.99. The zero-order chi connectivity index (χ0) is 27.4. The predicted octanol–water partition coefficient (Wildman–Crippen LogP) is 2.86. The largest absolute Gasteiger partial charge is 0.394 e. The first kappa shape index (κ1) is 10.1. The van der Waals surface area contributed by atoms with E-state index < -0.39 is 52.3 Å². The van der Waals surface area contributed by atoms with E-state index >= 15 is 0 Å². The Morgan fingerprint density at radius 1 is 1.11 bits per heavy atom. The van der Waals surface area contributed by atoms with Gasteiger partial charge in [-0.05, 0) is 18.2 Å². The van der Waals surface area contributed by atoms with Crippen molar-refractivity contribution in [3.05, 3.63) is 54.1 Å². The zero-order valence-electron chi connectivity index (χ0n) is 24.3. The molecule has 0 atom stereocenters. The number of aliphatic hydroxyl groups is 1. The van der Waals surface area contributed by atoms with Crippen LogP contribution < -0.4 is 0 Å². The van der Waals surface area contributed by atoms with Crippen LogP contribution in [-0.4, -0.2) is 73.0 Å². The summed E-state index contributed by atoms with van der Waals surface area (Å²) in [4.78, 5) is 7.95. The fraction of sp³-hybridized carbons (Fsp3) is 0.381. The number of piperazine rings is 1. The van der Waals surface area contributed by atoms with Crippen LogP contribution in [0.15, 0.2) is 63.3 Å². The molecule has 0 saturated carbocycles. The summed E-state index contributed by atoms with van der Waals surface area (Å²) in [6.45, 7) is -17.6. The molecule has 2 heterocycles. The lowest BCUT2D eigenvalue weighted by Gasteiger charge is -2.36. The predicted molar refractivity (Wildman–Crippen MR) is 109 cm³/mol. The maximum atomic E-state index is 9.25. The van der Waals surface area contributed by atoms with Crippen molar-refractivity contribution in [2.24, 2.45) is 4.99 Å². The smallest absolute Gasteiger partial charge is 0.137 e. The topological polar surface area (TPSA) is 48.3 Å². The first-order valence-electron chi connectivity index (χ1n) is 13.3. The Kier molecular flexibility index (Phi) is 3.31. The number of hydrogen-bond acceptors (Lipinski definition) is 6.